The Hall–Kier alpha value is -0.840. The number of carbonyl (C=O) groups is 2. The Balaban J connectivity index is 2.62. The van der Waals surface area contributed by atoms with Gasteiger partial charge in [-0.2, -0.15) is 0 Å². The van der Waals surface area contributed by atoms with Gasteiger partial charge in [0.2, 0.25) is 0 Å². The fourth-order valence-electron chi connectivity index (χ4n) is 1.80. The van der Waals surface area contributed by atoms with Crippen molar-refractivity contribution in [1.29, 1.82) is 0 Å². The molecule has 4 nitrogen and oxygen atoms in total. The molecule has 18 heavy (non-hydrogen) atoms. The van der Waals surface area contributed by atoms with Crippen molar-refractivity contribution in [3.05, 3.63) is 10.6 Å². The van der Waals surface area contributed by atoms with Crippen molar-refractivity contribution >= 4 is 28.4 Å². The van der Waals surface area contributed by atoms with Gasteiger partial charge in [0.05, 0.1) is 10.6 Å². The highest BCUT2D eigenvalue weighted by atomic mass is 79.9. The number of carbonyl (C=O) groups excluding carboxylic acids is 2. The minimum Gasteiger partial charge on any atom is -0.463 e. The van der Waals surface area contributed by atoms with Crippen LogP contribution in [0.4, 0.5) is 0 Å². The van der Waals surface area contributed by atoms with Crippen molar-refractivity contribution in [3.8, 4) is 0 Å². The van der Waals surface area contributed by atoms with Gasteiger partial charge in [-0.25, -0.2) is 4.79 Å². The minimum absolute atomic E-state index is 0.0431. The Bertz CT molecular complexity index is 362. The lowest BCUT2D eigenvalue weighted by molar-refractivity contribution is -0.142. The second kappa shape index (κ2) is 5.87. The quantitative estimate of drug-likeness (QED) is 0.429. The van der Waals surface area contributed by atoms with E-state index in [4.69, 9.17) is 9.47 Å². The fourth-order valence-corrected chi connectivity index (χ4v) is 2.18. The lowest BCUT2D eigenvalue weighted by Gasteiger charge is -2.10. The van der Waals surface area contributed by atoms with Crippen molar-refractivity contribution < 1.29 is 19.1 Å². The Morgan fingerprint density at radius 1 is 1.50 bits per heavy atom. The largest absolute Gasteiger partial charge is 0.463 e. The molecule has 1 fully saturated rings. The van der Waals surface area contributed by atoms with Gasteiger partial charge in [0.1, 0.15) is 6.10 Å². The van der Waals surface area contributed by atoms with Crippen LogP contribution in [0, 0.1) is 11.3 Å². The summed E-state index contributed by atoms with van der Waals surface area (Å²) in [6.45, 7) is 8.22. The third kappa shape index (κ3) is 3.34. The first-order chi connectivity index (χ1) is 8.34. The van der Waals surface area contributed by atoms with Crippen molar-refractivity contribution in [2.75, 3.05) is 0 Å². The first-order valence-corrected chi connectivity index (χ1v) is 6.81. The molecule has 0 N–H and O–H groups in total. The van der Waals surface area contributed by atoms with Gasteiger partial charge >= 0.3 is 5.97 Å². The van der Waals surface area contributed by atoms with Gasteiger partial charge in [-0.05, 0) is 29.3 Å². The normalized spacial score (nSPS) is 27.3. The Kier molecular flexibility index (Phi) is 4.96. The molecule has 0 aromatic rings. The van der Waals surface area contributed by atoms with Gasteiger partial charge in [0.15, 0.2) is 0 Å². The molecule has 1 aliphatic carbocycles. The van der Waals surface area contributed by atoms with Crippen LogP contribution in [0.5, 0.6) is 0 Å². The number of ether oxygens (including phenoxy) is 2. The number of hydrogen-bond donors (Lipinski definition) is 0. The number of halogens is 1. The van der Waals surface area contributed by atoms with E-state index in [0.717, 1.165) is 6.42 Å². The average molecular weight is 319 g/mol. The number of rotatable bonds is 6. The maximum Gasteiger partial charge on any atom is 0.345 e. The van der Waals surface area contributed by atoms with Crippen molar-refractivity contribution in [3.63, 3.8) is 0 Å². The van der Waals surface area contributed by atoms with Crippen LogP contribution in [0.1, 0.15) is 34.1 Å². The van der Waals surface area contributed by atoms with Crippen LogP contribution < -0.4 is 0 Å². The maximum atomic E-state index is 11.7. The lowest BCUT2D eigenvalue weighted by atomic mass is 10.1. The Morgan fingerprint density at radius 2 is 2.11 bits per heavy atom. The van der Waals surface area contributed by atoms with Gasteiger partial charge < -0.3 is 9.47 Å². The van der Waals surface area contributed by atoms with E-state index in [1.54, 1.807) is 6.08 Å². The van der Waals surface area contributed by atoms with Crippen molar-refractivity contribution in [2.45, 2.75) is 46.3 Å². The summed E-state index contributed by atoms with van der Waals surface area (Å²) < 4.78 is 10.5. The smallest absolute Gasteiger partial charge is 0.345 e. The van der Waals surface area contributed by atoms with Crippen LogP contribution in [-0.2, 0) is 19.1 Å². The molecule has 0 aromatic carbocycles. The molecule has 0 aromatic heterocycles. The minimum atomic E-state index is -0.378. The van der Waals surface area contributed by atoms with Crippen molar-refractivity contribution in [2.24, 2.45) is 11.3 Å². The topological polar surface area (TPSA) is 52.6 Å². The summed E-state index contributed by atoms with van der Waals surface area (Å²) in [7, 11) is 0. The van der Waals surface area contributed by atoms with Crippen molar-refractivity contribution in [1.82, 2.24) is 0 Å². The summed E-state index contributed by atoms with van der Waals surface area (Å²) in [4.78, 5) is 22.0. The average Bonchev–Trinajstić information content (AvgIpc) is 2.81. The first-order valence-electron chi connectivity index (χ1n) is 6.02. The molecule has 0 spiro atoms. The predicted octanol–water partition coefficient (Wildman–Crippen LogP) is 2.80. The molecule has 0 radical (unpaired) electrons. The molecule has 3 atom stereocenters. The number of esters is 1. The monoisotopic (exact) mass is 318 g/mol. The van der Waals surface area contributed by atoms with E-state index in [1.165, 1.54) is 0 Å². The molecule has 102 valence electrons. The maximum absolute atomic E-state index is 11.7. The molecular weight excluding hydrogens is 300 g/mol. The molecule has 0 aliphatic heterocycles. The summed E-state index contributed by atoms with van der Waals surface area (Å²) in [6.07, 6.45) is 2.27. The zero-order chi connectivity index (χ0) is 13.9. The van der Waals surface area contributed by atoms with E-state index < -0.39 is 0 Å². The van der Waals surface area contributed by atoms with Crippen LogP contribution in [0.3, 0.4) is 0 Å². The molecular formula is C13H19BrO4. The van der Waals surface area contributed by atoms with E-state index in [2.05, 4.69) is 15.9 Å². The van der Waals surface area contributed by atoms with E-state index in [-0.39, 0.29) is 29.5 Å². The second-order valence-electron chi connectivity index (χ2n) is 5.14. The molecule has 0 bridgehead atoms. The van der Waals surface area contributed by atoms with Crippen LogP contribution in [0.25, 0.3) is 0 Å². The van der Waals surface area contributed by atoms with E-state index in [9.17, 15) is 9.59 Å². The molecule has 1 aliphatic rings. The van der Waals surface area contributed by atoms with E-state index >= 15 is 0 Å². The highest BCUT2D eigenvalue weighted by Gasteiger charge is 2.59. The summed E-state index contributed by atoms with van der Waals surface area (Å²) in [5, 5.41) is 0. The standard InChI is InChI=1S/C13H19BrO4/c1-5-8(2)18-12(16)10(14)6-9-11(17-7-15)13(9,3)4/h6-9,11H,5H2,1-4H3. The first kappa shape index (κ1) is 15.2. The number of hydrogen-bond acceptors (Lipinski definition) is 4. The lowest BCUT2D eigenvalue weighted by Crippen LogP contribution is -2.13. The third-order valence-corrected chi connectivity index (χ3v) is 4.00. The highest BCUT2D eigenvalue weighted by molar-refractivity contribution is 9.12. The van der Waals surface area contributed by atoms with Gasteiger partial charge in [0, 0.05) is 11.3 Å². The Labute approximate surface area is 116 Å². The van der Waals surface area contributed by atoms with E-state index in [1.807, 2.05) is 27.7 Å². The zero-order valence-electron chi connectivity index (χ0n) is 11.1. The SMILES string of the molecule is CCC(C)OC(=O)C(Br)=CC1C(OC=O)C1(C)C. The van der Waals surface area contributed by atoms with Gasteiger partial charge in [-0.3, -0.25) is 4.79 Å². The third-order valence-electron chi connectivity index (χ3n) is 3.42. The summed E-state index contributed by atoms with van der Waals surface area (Å²) in [6, 6.07) is 0. The summed E-state index contributed by atoms with van der Waals surface area (Å²) in [5.41, 5.74) is -0.128. The zero-order valence-corrected chi connectivity index (χ0v) is 12.7. The van der Waals surface area contributed by atoms with Gasteiger partial charge in [0.25, 0.3) is 6.47 Å². The fraction of sp³-hybridized carbons (Fsp3) is 0.692. The van der Waals surface area contributed by atoms with Gasteiger partial charge in [-0.1, -0.05) is 26.8 Å². The predicted molar refractivity (Wildman–Crippen MR) is 71.1 cm³/mol. The van der Waals surface area contributed by atoms with Gasteiger partial charge in [-0.15, -0.1) is 0 Å². The summed E-state index contributed by atoms with van der Waals surface area (Å²) in [5.74, 6) is -0.335. The molecule has 3 unspecified atom stereocenters. The molecule has 5 heteroatoms. The molecule has 0 heterocycles. The molecule has 0 saturated heterocycles. The van der Waals surface area contributed by atoms with E-state index in [0.29, 0.717) is 11.0 Å². The van der Waals surface area contributed by atoms with Crippen LogP contribution >= 0.6 is 15.9 Å². The highest BCUT2D eigenvalue weighted by Crippen LogP contribution is 2.55. The second-order valence-corrected chi connectivity index (χ2v) is 5.99. The molecule has 1 saturated carbocycles. The molecule has 1 rings (SSSR count). The Morgan fingerprint density at radius 3 is 2.61 bits per heavy atom. The van der Waals surface area contributed by atoms with Crippen LogP contribution in [0.2, 0.25) is 0 Å². The summed E-state index contributed by atoms with van der Waals surface area (Å²) >= 11 is 3.21. The van der Waals surface area contributed by atoms with Crippen LogP contribution in [-0.4, -0.2) is 24.6 Å². The van der Waals surface area contributed by atoms with Crippen LogP contribution in [0.15, 0.2) is 10.6 Å². The molecule has 0 amide bonds.